The van der Waals surface area contributed by atoms with Crippen LogP contribution in [0.15, 0.2) is 36.8 Å². The fraction of sp³-hybridized carbons (Fsp3) is 0.400. The van der Waals surface area contributed by atoms with Crippen LogP contribution in [-0.2, 0) is 0 Å². The van der Waals surface area contributed by atoms with Crippen LogP contribution in [-0.4, -0.2) is 38.7 Å². The van der Waals surface area contributed by atoms with E-state index in [-0.39, 0.29) is 5.91 Å². The van der Waals surface area contributed by atoms with Crippen molar-refractivity contribution in [2.75, 3.05) is 13.1 Å². The number of amides is 1. The number of aromatic nitrogens is 3. The van der Waals surface area contributed by atoms with E-state index in [1.165, 1.54) is 6.42 Å². The summed E-state index contributed by atoms with van der Waals surface area (Å²) in [6.07, 6.45) is 7.47. The van der Waals surface area contributed by atoms with Crippen LogP contribution in [0.5, 0.6) is 0 Å². The average molecular weight is 270 g/mol. The van der Waals surface area contributed by atoms with Gasteiger partial charge < -0.3 is 4.90 Å². The van der Waals surface area contributed by atoms with Gasteiger partial charge in [-0.3, -0.25) is 4.79 Å². The summed E-state index contributed by atoms with van der Waals surface area (Å²) in [5, 5.41) is 4.12. The van der Waals surface area contributed by atoms with Crippen molar-refractivity contribution in [3.05, 3.63) is 42.4 Å². The predicted molar refractivity (Wildman–Crippen MR) is 75.7 cm³/mol. The Bertz CT molecular complexity index is 576. The first-order valence-electron chi connectivity index (χ1n) is 6.99. The Balaban J connectivity index is 1.75. The summed E-state index contributed by atoms with van der Waals surface area (Å²) in [6.45, 7) is 3.89. The van der Waals surface area contributed by atoms with E-state index in [4.69, 9.17) is 0 Å². The first-order valence-corrected chi connectivity index (χ1v) is 6.99. The number of pyridine rings is 1. The highest BCUT2D eigenvalue weighted by atomic mass is 16.2. The lowest BCUT2D eigenvalue weighted by molar-refractivity contribution is 0.0682. The third-order valence-electron chi connectivity index (χ3n) is 3.68. The number of nitrogens with zero attached hydrogens (tertiary/aromatic N) is 4. The minimum absolute atomic E-state index is 0.0797. The van der Waals surface area contributed by atoms with Crippen molar-refractivity contribution >= 4 is 5.91 Å². The first kappa shape index (κ1) is 12.8. The summed E-state index contributed by atoms with van der Waals surface area (Å²) in [6, 6.07) is 5.50. The van der Waals surface area contributed by atoms with Crippen LogP contribution >= 0.6 is 0 Å². The van der Waals surface area contributed by atoms with E-state index in [9.17, 15) is 4.79 Å². The van der Waals surface area contributed by atoms with Crippen molar-refractivity contribution in [2.24, 2.45) is 5.92 Å². The van der Waals surface area contributed by atoms with Gasteiger partial charge in [0.25, 0.3) is 5.91 Å². The quantitative estimate of drug-likeness (QED) is 0.840. The lowest BCUT2D eigenvalue weighted by atomic mass is 10.00. The van der Waals surface area contributed by atoms with E-state index >= 15 is 0 Å². The predicted octanol–water partition coefficient (Wildman–Crippen LogP) is 2.14. The highest BCUT2D eigenvalue weighted by Crippen LogP contribution is 2.18. The SMILES string of the molecule is CC1CCCN(C(=O)c2ccc(-n3cccn3)nc2)C1. The summed E-state index contributed by atoms with van der Waals surface area (Å²) < 4.78 is 1.68. The summed E-state index contributed by atoms with van der Waals surface area (Å²) in [5.41, 5.74) is 0.648. The number of likely N-dealkylation sites (tertiary alicyclic amines) is 1. The van der Waals surface area contributed by atoms with Gasteiger partial charge in [-0.25, -0.2) is 9.67 Å². The van der Waals surface area contributed by atoms with E-state index in [2.05, 4.69) is 17.0 Å². The fourth-order valence-electron chi connectivity index (χ4n) is 2.61. The van der Waals surface area contributed by atoms with Crippen LogP contribution in [0.3, 0.4) is 0 Å². The zero-order valence-electron chi connectivity index (χ0n) is 11.6. The van der Waals surface area contributed by atoms with E-state index < -0.39 is 0 Å². The third-order valence-corrected chi connectivity index (χ3v) is 3.68. The van der Waals surface area contributed by atoms with E-state index in [1.807, 2.05) is 29.3 Å². The van der Waals surface area contributed by atoms with Gasteiger partial charge in [0.2, 0.25) is 0 Å². The van der Waals surface area contributed by atoms with Gasteiger partial charge >= 0.3 is 0 Å². The molecule has 2 aromatic heterocycles. The number of piperidine rings is 1. The first-order chi connectivity index (χ1) is 9.74. The van der Waals surface area contributed by atoms with Gasteiger partial charge in [-0.1, -0.05) is 6.92 Å². The molecule has 0 radical (unpaired) electrons. The zero-order chi connectivity index (χ0) is 13.9. The molecule has 0 spiro atoms. The number of hydrogen-bond donors (Lipinski definition) is 0. The second-order valence-corrected chi connectivity index (χ2v) is 5.35. The Morgan fingerprint density at radius 1 is 1.40 bits per heavy atom. The molecule has 5 heteroatoms. The summed E-state index contributed by atoms with van der Waals surface area (Å²) in [5.74, 6) is 1.39. The molecule has 0 saturated carbocycles. The molecule has 1 atom stereocenters. The molecule has 1 unspecified atom stereocenters. The largest absolute Gasteiger partial charge is 0.338 e. The van der Waals surface area contributed by atoms with E-state index in [0.29, 0.717) is 11.5 Å². The van der Waals surface area contributed by atoms with Crippen LogP contribution in [0.2, 0.25) is 0 Å². The monoisotopic (exact) mass is 270 g/mol. The van der Waals surface area contributed by atoms with Crippen LogP contribution in [0.25, 0.3) is 5.82 Å². The lowest BCUT2D eigenvalue weighted by Crippen LogP contribution is -2.39. The molecule has 1 saturated heterocycles. The number of carbonyl (C=O) groups is 1. The molecule has 0 bridgehead atoms. The summed E-state index contributed by atoms with van der Waals surface area (Å²) in [4.78, 5) is 18.6. The standard InChI is InChI=1S/C15H18N4O/c1-12-4-2-8-18(11-12)15(20)13-5-6-14(16-10-13)19-9-3-7-17-19/h3,5-7,9-10,12H,2,4,8,11H2,1H3. The smallest absolute Gasteiger partial charge is 0.255 e. The molecule has 0 aliphatic carbocycles. The molecular formula is C15H18N4O. The fourth-order valence-corrected chi connectivity index (χ4v) is 2.61. The van der Waals surface area contributed by atoms with Gasteiger partial charge in [-0.2, -0.15) is 5.10 Å². The van der Waals surface area contributed by atoms with Crippen molar-refractivity contribution in [1.29, 1.82) is 0 Å². The van der Waals surface area contributed by atoms with Crippen LogP contribution < -0.4 is 0 Å². The Morgan fingerprint density at radius 2 is 2.30 bits per heavy atom. The van der Waals surface area contributed by atoms with E-state index in [0.717, 1.165) is 25.3 Å². The van der Waals surface area contributed by atoms with Gasteiger partial charge in [0.1, 0.15) is 0 Å². The van der Waals surface area contributed by atoms with Gasteiger partial charge in [0, 0.05) is 31.7 Å². The number of hydrogen-bond acceptors (Lipinski definition) is 3. The molecule has 20 heavy (non-hydrogen) atoms. The Labute approximate surface area is 118 Å². The van der Waals surface area contributed by atoms with Crippen molar-refractivity contribution in [2.45, 2.75) is 19.8 Å². The molecule has 104 valence electrons. The molecule has 0 N–H and O–H groups in total. The maximum atomic E-state index is 12.4. The van der Waals surface area contributed by atoms with Gasteiger partial charge in [-0.05, 0) is 37.0 Å². The molecule has 5 nitrogen and oxygen atoms in total. The maximum absolute atomic E-state index is 12.4. The Hall–Kier alpha value is -2.17. The van der Waals surface area contributed by atoms with Crippen molar-refractivity contribution < 1.29 is 4.79 Å². The molecular weight excluding hydrogens is 252 g/mol. The zero-order valence-corrected chi connectivity index (χ0v) is 11.6. The second kappa shape index (κ2) is 5.45. The van der Waals surface area contributed by atoms with Gasteiger partial charge in [0.15, 0.2) is 5.82 Å². The number of rotatable bonds is 2. The van der Waals surface area contributed by atoms with Crippen LogP contribution in [0.1, 0.15) is 30.1 Å². The van der Waals surface area contributed by atoms with Crippen molar-refractivity contribution in [1.82, 2.24) is 19.7 Å². The molecule has 1 aliphatic rings. The highest BCUT2D eigenvalue weighted by molar-refractivity contribution is 5.94. The summed E-state index contributed by atoms with van der Waals surface area (Å²) in [7, 11) is 0. The molecule has 3 rings (SSSR count). The average Bonchev–Trinajstić information content (AvgIpc) is 3.01. The summed E-state index contributed by atoms with van der Waals surface area (Å²) >= 11 is 0. The molecule has 3 heterocycles. The Morgan fingerprint density at radius 3 is 2.95 bits per heavy atom. The normalized spacial score (nSPS) is 19.1. The molecule has 1 amide bonds. The molecule has 1 aliphatic heterocycles. The highest BCUT2D eigenvalue weighted by Gasteiger charge is 2.22. The minimum atomic E-state index is 0.0797. The molecule has 2 aromatic rings. The van der Waals surface area contributed by atoms with Crippen molar-refractivity contribution in [3.63, 3.8) is 0 Å². The second-order valence-electron chi connectivity index (χ2n) is 5.35. The Kier molecular flexibility index (Phi) is 3.50. The topological polar surface area (TPSA) is 51.0 Å². The molecule has 0 aromatic carbocycles. The lowest BCUT2D eigenvalue weighted by Gasteiger charge is -2.30. The maximum Gasteiger partial charge on any atom is 0.255 e. The van der Waals surface area contributed by atoms with E-state index in [1.54, 1.807) is 17.1 Å². The van der Waals surface area contributed by atoms with Gasteiger partial charge in [-0.15, -0.1) is 0 Å². The molecule has 1 fully saturated rings. The minimum Gasteiger partial charge on any atom is -0.338 e. The van der Waals surface area contributed by atoms with Crippen LogP contribution in [0, 0.1) is 5.92 Å². The number of carbonyl (C=O) groups excluding carboxylic acids is 1. The third kappa shape index (κ3) is 2.57. The van der Waals surface area contributed by atoms with Crippen LogP contribution in [0.4, 0.5) is 0 Å². The van der Waals surface area contributed by atoms with Crippen molar-refractivity contribution in [3.8, 4) is 5.82 Å². The van der Waals surface area contributed by atoms with Gasteiger partial charge in [0.05, 0.1) is 5.56 Å².